The highest BCUT2D eigenvalue weighted by Gasteiger charge is 1.88. The van der Waals surface area contributed by atoms with Gasteiger partial charge in [0.1, 0.15) is 6.29 Å². The van der Waals surface area contributed by atoms with Crippen LogP contribution in [0.15, 0.2) is 60.8 Å². The van der Waals surface area contributed by atoms with Crippen LogP contribution in [-0.4, -0.2) is 6.29 Å². The van der Waals surface area contributed by atoms with E-state index in [1.165, 1.54) is 57.4 Å². The van der Waals surface area contributed by atoms with Crippen molar-refractivity contribution in [3.63, 3.8) is 0 Å². The molecule has 0 atom stereocenters. The lowest BCUT2D eigenvalue weighted by molar-refractivity contribution is -0.104. The van der Waals surface area contributed by atoms with Crippen molar-refractivity contribution in [2.24, 2.45) is 0 Å². The molecule has 0 rings (SSSR count). The van der Waals surface area contributed by atoms with Crippen molar-refractivity contribution < 1.29 is 4.79 Å². The fraction of sp³-hybridized carbons (Fsp3) is 0.450. The summed E-state index contributed by atoms with van der Waals surface area (Å²) in [6.07, 6.45) is 30.7. The summed E-state index contributed by atoms with van der Waals surface area (Å²) in [5.41, 5.74) is 0. The van der Waals surface area contributed by atoms with E-state index >= 15 is 0 Å². The Bertz CT molecular complexity index is 356. The highest BCUT2D eigenvalue weighted by molar-refractivity contribution is 5.65. The van der Waals surface area contributed by atoms with Crippen molar-refractivity contribution in [1.82, 2.24) is 0 Å². The summed E-state index contributed by atoms with van der Waals surface area (Å²) in [5.74, 6) is 0. The first kappa shape index (κ1) is 19.4. The molecule has 0 bridgehead atoms. The zero-order chi connectivity index (χ0) is 15.4. The fourth-order valence-corrected chi connectivity index (χ4v) is 1.89. The van der Waals surface area contributed by atoms with E-state index in [-0.39, 0.29) is 0 Å². The molecule has 0 amide bonds. The molecule has 0 saturated heterocycles. The molecular weight excluding hydrogens is 256 g/mol. The highest BCUT2D eigenvalue weighted by atomic mass is 16.1. The molecule has 0 unspecified atom stereocenters. The Morgan fingerprint density at radius 1 is 0.571 bits per heavy atom. The van der Waals surface area contributed by atoms with E-state index in [1.807, 2.05) is 36.5 Å². The largest absolute Gasteiger partial charge is 0.299 e. The van der Waals surface area contributed by atoms with Crippen molar-refractivity contribution in [2.45, 2.75) is 58.3 Å². The molecule has 0 aromatic rings. The van der Waals surface area contributed by atoms with Gasteiger partial charge in [0.15, 0.2) is 0 Å². The van der Waals surface area contributed by atoms with Crippen LogP contribution in [0.1, 0.15) is 58.3 Å². The Morgan fingerprint density at radius 3 is 1.62 bits per heavy atom. The number of unbranched alkanes of at least 4 members (excludes halogenated alkanes) is 7. The Kier molecular flexibility index (Phi) is 16.9. The quantitative estimate of drug-likeness (QED) is 0.173. The molecule has 0 fully saturated rings. The van der Waals surface area contributed by atoms with E-state index in [1.54, 1.807) is 6.08 Å². The van der Waals surface area contributed by atoms with Crippen LogP contribution in [0.4, 0.5) is 0 Å². The van der Waals surface area contributed by atoms with Gasteiger partial charge < -0.3 is 0 Å². The van der Waals surface area contributed by atoms with Crippen LogP contribution in [0.25, 0.3) is 0 Å². The Morgan fingerprint density at radius 2 is 1.05 bits per heavy atom. The molecule has 0 N–H and O–H groups in total. The molecule has 1 heteroatoms. The van der Waals surface area contributed by atoms with Crippen LogP contribution in [0.2, 0.25) is 0 Å². The van der Waals surface area contributed by atoms with Gasteiger partial charge in [0, 0.05) is 0 Å². The molecule has 116 valence electrons. The van der Waals surface area contributed by atoms with E-state index in [0.717, 1.165) is 6.29 Å². The smallest absolute Gasteiger partial charge is 0.142 e. The Hall–Kier alpha value is -1.63. The first-order chi connectivity index (χ1) is 10.4. The van der Waals surface area contributed by atoms with Crippen LogP contribution in [0.5, 0.6) is 0 Å². The zero-order valence-corrected chi connectivity index (χ0v) is 13.4. The predicted octanol–water partition coefficient (Wildman–Crippen LogP) is 6.11. The molecule has 0 heterocycles. The average Bonchev–Trinajstić information content (AvgIpc) is 2.50. The number of rotatable bonds is 13. The lowest BCUT2D eigenvalue weighted by Crippen LogP contribution is -1.78. The number of hydrogen-bond donors (Lipinski definition) is 0. The van der Waals surface area contributed by atoms with Gasteiger partial charge in [-0.15, -0.1) is 0 Å². The summed E-state index contributed by atoms with van der Waals surface area (Å²) in [6, 6.07) is 0. The van der Waals surface area contributed by atoms with Gasteiger partial charge in [-0.1, -0.05) is 100 Å². The van der Waals surface area contributed by atoms with Crippen LogP contribution in [-0.2, 0) is 4.79 Å². The van der Waals surface area contributed by atoms with Gasteiger partial charge >= 0.3 is 0 Å². The summed E-state index contributed by atoms with van der Waals surface area (Å²) < 4.78 is 0. The van der Waals surface area contributed by atoms with Crippen molar-refractivity contribution in [1.29, 1.82) is 0 Å². The second-order valence-corrected chi connectivity index (χ2v) is 5.01. The maximum absolute atomic E-state index is 10.0. The number of hydrogen-bond acceptors (Lipinski definition) is 1. The molecule has 0 aromatic carbocycles. The summed E-state index contributed by atoms with van der Waals surface area (Å²) in [4.78, 5) is 10.0. The topological polar surface area (TPSA) is 17.1 Å². The molecular formula is C20H30O. The van der Waals surface area contributed by atoms with Gasteiger partial charge in [0.05, 0.1) is 0 Å². The summed E-state index contributed by atoms with van der Waals surface area (Å²) in [5, 5.41) is 0. The first-order valence-electron chi connectivity index (χ1n) is 8.18. The minimum Gasteiger partial charge on any atom is -0.299 e. The molecule has 0 saturated carbocycles. The molecule has 1 nitrogen and oxygen atoms in total. The second-order valence-electron chi connectivity index (χ2n) is 5.01. The van der Waals surface area contributed by atoms with E-state index < -0.39 is 0 Å². The van der Waals surface area contributed by atoms with Gasteiger partial charge in [-0.3, -0.25) is 4.79 Å². The Labute approximate surface area is 130 Å². The van der Waals surface area contributed by atoms with Crippen molar-refractivity contribution >= 4 is 6.29 Å². The first-order valence-corrected chi connectivity index (χ1v) is 8.18. The number of carbonyl (C=O) groups excluding carboxylic acids is 1. The van der Waals surface area contributed by atoms with Crippen LogP contribution >= 0.6 is 0 Å². The number of carbonyl (C=O) groups is 1. The standard InChI is InChI=1S/C20H30O/c1-2-3-4-5-6-7-8-9-10-11-12-13-14-15-16-17-18-19-20-21/h10-20H,2-9H2,1H3/b11-10+,13-12+,15-14+,17-16+,19-18+. The van der Waals surface area contributed by atoms with E-state index in [0.29, 0.717) is 0 Å². The maximum Gasteiger partial charge on any atom is 0.142 e. The molecule has 0 aliphatic carbocycles. The van der Waals surface area contributed by atoms with Crippen LogP contribution in [0, 0.1) is 0 Å². The normalized spacial score (nSPS) is 12.8. The minimum atomic E-state index is 0.768. The lowest BCUT2D eigenvalue weighted by atomic mass is 10.1. The van der Waals surface area contributed by atoms with Gasteiger partial charge in [0.2, 0.25) is 0 Å². The third kappa shape index (κ3) is 18.4. The van der Waals surface area contributed by atoms with Crippen LogP contribution in [0.3, 0.4) is 0 Å². The minimum absolute atomic E-state index is 0.768. The Balaban J connectivity index is 3.44. The number of allylic oxidation sites excluding steroid dienone is 10. The zero-order valence-electron chi connectivity index (χ0n) is 13.4. The fourth-order valence-electron chi connectivity index (χ4n) is 1.89. The van der Waals surface area contributed by atoms with E-state index in [4.69, 9.17) is 0 Å². The molecule has 0 aliphatic heterocycles. The van der Waals surface area contributed by atoms with Crippen molar-refractivity contribution in [3.8, 4) is 0 Å². The van der Waals surface area contributed by atoms with Gasteiger partial charge in [0.25, 0.3) is 0 Å². The molecule has 21 heavy (non-hydrogen) atoms. The van der Waals surface area contributed by atoms with Gasteiger partial charge in [-0.25, -0.2) is 0 Å². The van der Waals surface area contributed by atoms with Crippen LogP contribution < -0.4 is 0 Å². The van der Waals surface area contributed by atoms with E-state index in [2.05, 4.69) is 19.1 Å². The summed E-state index contributed by atoms with van der Waals surface area (Å²) in [6.45, 7) is 2.26. The predicted molar refractivity (Wildman–Crippen MR) is 94.4 cm³/mol. The SMILES string of the molecule is CCCCCCCCC/C=C/C=C/C=C/C=C/C=C/C=O. The maximum atomic E-state index is 10.0. The van der Waals surface area contributed by atoms with E-state index in [9.17, 15) is 4.79 Å². The molecule has 0 spiro atoms. The monoisotopic (exact) mass is 286 g/mol. The second kappa shape index (κ2) is 18.4. The third-order valence-corrected chi connectivity index (χ3v) is 3.08. The van der Waals surface area contributed by atoms with Gasteiger partial charge in [-0.2, -0.15) is 0 Å². The summed E-state index contributed by atoms with van der Waals surface area (Å²) in [7, 11) is 0. The number of aldehydes is 1. The molecule has 0 aromatic heterocycles. The van der Waals surface area contributed by atoms with Gasteiger partial charge in [-0.05, 0) is 18.9 Å². The third-order valence-electron chi connectivity index (χ3n) is 3.08. The highest BCUT2D eigenvalue weighted by Crippen LogP contribution is 2.08. The lowest BCUT2D eigenvalue weighted by Gasteiger charge is -1.98. The van der Waals surface area contributed by atoms with Crippen molar-refractivity contribution in [2.75, 3.05) is 0 Å². The molecule has 0 radical (unpaired) electrons. The molecule has 0 aliphatic rings. The average molecular weight is 286 g/mol. The van der Waals surface area contributed by atoms with Crippen molar-refractivity contribution in [3.05, 3.63) is 60.8 Å². The summed E-state index contributed by atoms with van der Waals surface area (Å²) >= 11 is 0.